The third-order valence-corrected chi connectivity index (χ3v) is 5.27. The van der Waals surface area contributed by atoms with Crippen LogP contribution in [0.25, 0.3) is 0 Å². The lowest BCUT2D eigenvalue weighted by atomic mass is 10.1. The SMILES string of the molecule is CC(C)Nc1nnc(NCCCOc2cccc(CN3CCCCC3)c2)s1. The van der Waals surface area contributed by atoms with E-state index in [0.717, 1.165) is 35.5 Å². The van der Waals surface area contributed by atoms with Gasteiger partial charge in [0.05, 0.1) is 6.61 Å². The Hall–Kier alpha value is -1.86. The maximum absolute atomic E-state index is 5.93. The Kier molecular flexibility index (Phi) is 7.71. The van der Waals surface area contributed by atoms with Crippen molar-refractivity contribution in [1.82, 2.24) is 15.1 Å². The number of rotatable bonds is 10. The molecule has 0 atom stereocenters. The van der Waals surface area contributed by atoms with Gasteiger partial charge in [-0.25, -0.2) is 0 Å². The summed E-state index contributed by atoms with van der Waals surface area (Å²) in [5.74, 6) is 0.962. The monoisotopic (exact) mass is 389 g/mol. The predicted molar refractivity (Wildman–Crippen MR) is 113 cm³/mol. The first kappa shape index (κ1) is 19.9. The van der Waals surface area contributed by atoms with Gasteiger partial charge in [-0.15, -0.1) is 10.2 Å². The van der Waals surface area contributed by atoms with E-state index in [4.69, 9.17) is 4.74 Å². The van der Waals surface area contributed by atoms with E-state index < -0.39 is 0 Å². The Bertz CT molecular complexity index is 685. The molecule has 2 heterocycles. The largest absolute Gasteiger partial charge is 0.494 e. The maximum Gasteiger partial charge on any atom is 0.207 e. The summed E-state index contributed by atoms with van der Waals surface area (Å²) in [5, 5.41) is 16.5. The maximum atomic E-state index is 5.93. The molecule has 0 amide bonds. The number of hydrogen-bond donors (Lipinski definition) is 2. The van der Waals surface area contributed by atoms with Crippen molar-refractivity contribution in [3.05, 3.63) is 29.8 Å². The highest BCUT2D eigenvalue weighted by atomic mass is 32.1. The third kappa shape index (κ3) is 6.99. The van der Waals surface area contributed by atoms with Crippen LogP contribution in [0.2, 0.25) is 0 Å². The highest BCUT2D eigenvalue weighted by molar-refractivity contribution is 7.19. The number of likely N-dealkylation sites (tertiary alicyclic amines) is 1. The van der Waals surface area contributed by atoms with Crippen LogP contribution in [0, 0.1) is 0 Å². The standard InChI is InChI=1S/C20H31N5OS/c1-16(2)22-20-24-23-19(27-20)21-10-7-13-26-18-9-6-8-17(14-18)15-25-11-4-3-5-12-25/h6,8-9,14,16H,3-5,7,10-13,15H2,1-2H3,(H,21,23)(H,22,24). The Balaban J connectivity index is 1.35. The summed E-state index contributed by atoms with van der Waals surface area (Å²) in [6.45, 7) is 9.16. The molecule has 1 saturated heterocycles. The van der Waals surface area contributed by atoms with Crippen LogP contribution >= 0.6 is 11.3 Å². The summed E-state index contributed by atoms with van der Waals surface area (Å²) < 4.78 is 5.93. The van der Waals surface area contributed by atoms with Gasteiger partial charge in [-0.3, -0.25) is 4.90 Å². The number of hydrogen-bond acceptors (Lipinski definition) is 7. The molecule has 0 bridgehead atoms. The van der Waals surface area contributed by atoms with Gasteiger partial charge in [-0.05, 0) is 63.9 Å². The van der Waals surface area contributed by atoms with Crippen molar-refractivity contribution in [2.24, 2.45) is 0 Å². The number of aromatic nitrogens is 2. The quantitative estimate of drug-likeness (QED) is 0.593. The minimum Gasteiger partial charge on any atom is -0.494 e. The van der Waals surface area contributed by atoms with E-state index >= 15 is 0 Å². The summed E-state index contributed by atoms with van der Waals surface area (Å²) in [6, 6.07) is 8.88. The van der Waals surface area contributed by atoms with Gasteiger partial charge in [-0.1, -0.05) is 29.9 Å². The van der Waals surface area contributed by atoms with E-state index in [1.54, 1.807) is 11.3 Å². The second-order valence-corrected chi connectivity index (χ2v) is 8.30. The number of nitrogens with zero attached hydrogens (tertiary/aromatic N) is 3. The Labute approximate surface area is 166 Å². The summed E-state index contributed by atoms with van der Waals surface area (Å²) in [6.07, 6.45) is 4.95. The smallest absolute Gasteiger partial charge is 0.207 e. The molecule has 148 valence electrons. The molecule has 0 saturated carbocycles. The molecule has 0 aliphatic carbocycles. The zero-order chi connectivity index (χ0) is 18.9. The van der Waals surface area contributed by atoms with E-state index in [1.165, 1.54) is 37.9 Å². The average molecular weight is 390 g/mol. The van der Waals surface area contributed by atoms with Crippen LogP contribution in [0.1, 0.15) is 45.1 Å². The number of piperidine rings is 1. The molecule has 3 rings (SSSR count). The molecule has 27 heavy (non-hydrogen) atoms. The summed E-state index contributed by atoms with van der Waals surface area (Å²) in [4.78, 5) is 2.54. The van der Waals surface area contributed by atoms with Crippen molar-refractivity contribution in [2.45, 2.75) is 52.1 Å². The van der Waals surface area contributed by atoms with Crippen molar-refractivity contribution in [1.29, 1.82) is 0 Å². The Morgan fingerprint density at radius 2 is 1.96 bits per heavy atom. The fourth-order valence-electron chi connectivity index (χ4n) is 3.17. The van der Waals surface area contributed by atoms with Crippen LogP contribution in [-0.4, -0.2) is 47.4 Å². The van der Waals surface area contributed by atoms with Crippen LogP contribution in [-0.2, 0) is 6.54 Å². The van der Waals surface area contributed by atoms with Crippen LogP contribution in [0.5, 0.6) is 5.75 Å². The zero-order valence-electron chi connectivity index (χ0n) is 16.4. The topological polar surface area (TPSA) is 62.3 Å². The van der Waals surface area contributed by atoms with Crippen LogP contribution < -0.4 is 15.4 Å². The minimum absolute atomic E-state index is 0.366. The molecule has 2 N–H and O–H groups in total. The van der Waals surface area contributed by atoms with Crippen LogP contribution in [0.4, 0.5) is 10.3 Å². The number of nitrogens with one attached hydrogen (secondary N) is 2. The number of anilines is 2. The molecule has 2 aromatic rings. The number of ether oxygens (including phenoxy) is 1. The van der Waals surface area contributed by atoms with Gasteiger partial charge >= 0.3 is 0 Å². The van der Waals surface area contributed by atoms with Gasteiger partial charge in [0.2, 0.25) is 10.3 Å². The van der Waals surface area contributed by atoms with Gasteiger partial charge in [0.15, 0.2) is 0 Å². The van der Waals surface area contributed by atoms with E-state index in [9.17, 15) is 0 Å². The Morgan fingerprint density at radius 1 is 1.15 bits per heavy atom. The summed E-state index contributed by atoms with van der Waals surface area (Å²) in [7, 11) is 0. The second-order valence-electron chi connectivity index (χ2n) is 7.32. The van der Waals surface area contributed by atoms with Crippen molar-refractivity contribution < 1.29 is 4.74 Å². The third-order valence-electron chi connectivity index (χ3n) is 4.46. The first-order valence-corrected chi connectivity index (χ1v) is 10.8. The first-order valence-electron chi connectivity index (χ1n) is 9.97. The lowest BCUT2D eigenvalue weighted by Crippen LogP contribution is -2.29. The second kappa shape index (κ2) is 10.5. The molecule has 1 aromatic heterocycles. The summed E-state index contributed by atoms with van der Waals surface area (Å²) >= 11 is 1.54. The van der Waals surface area contributed by atoms with E-state index in [1.807, 2.05) is 6.07 Å². The van der Waals surface area contributed by atoms with E-state index in [-0.39, 0.29) is 0 Å². The van der Waals surface area contributed by atoms with Crippen molar-refractivity contribution in [3.8, 4) is 5.75 Å². The normalized spacial score (nSPS) is 15.1. The molecule has 6 nitrogen and oxygen atoms in total. The Morgan fingerprint density at radius 3 is 2.78 bits per heavy atom. The van der Waals surface area contributed by atoms with Crippen LogP contribution in [0.15, 0.2) is 24.3 Å². The van der Waals surface area contributed by atoms with E-state index in [0.29, 0.717) is 12.6 Å². The van der Waals surface area contributed by atoms with Gasteiger partial charge in [0.25, 0.3) is 0 Å². The lowest BCUT2D eigenvalue weighted by molar-refractivity contribution is 0.220. The fraction of sp³-hybridized carbons (Fsp3) is 0.600. The average Bonchev–Trinajstić information content (AvgIpc) is 3.09. The number of benzene rings is 1. The van der Waals surface area contributed by atoms with Crippen molar-refractivity contribution >= 4 is 21.6 Å². The predicted octanol–water partition coefficient (Wildman–Crippen LogP) is 4.23. The van der Waals surface area contributed by atoms with Gasteiger partial charge in [0, 0.05) is 19.1 Å². The first-order chi connectivity index (χ1) is 13.2. The molecule has 0 spiro atoms. The van der Waals surface area contributed by atoms with Gasteiger partial charge in [-0.2, -0.15) is 0 Å². The molecule has 0 unspecified atom stereocenters. The lowest BCUT2D eigenvalue weighted by Gasteiger charge is -2.26. The van der Waals surface area contributed by atoms with Crippen molar-refractivity contribution in [2.75, 3.05) is 36.9 Å². The van der Waals surface area contributed by atoms with Gasteiger partial charge < -0.3 is 15.4 Å². The molecule has 1 aromatic carbocycles. The highest BCUT2D eigenvalue weighted by Gasteiger charge is 2.10. The molecular weight excluding hydrogens is 358 g/mol. The van der Waals surface area contributed by atoms with E-state index in [2.05, 4.69) is 57.8 Å². The molecule has 1 fully saturated rings. The highest BCUT2D eigenvalue weighted by Crippen LogP contribution is 2.21. The van der Waals surface area contributed by atoms with Crippen molar-refractivity contribution in [3.63, 3.8) is 0 Å². The van der Waals surface area contributed by atoms with Crippen LogP contribution in [0.3, 0.4) is 0 Å². The summed E-state index contributed by atoms with van der Waals surface area (Å²) in [5.41, 5.74) is 1.34. The fourth-order valence-corrected chi connectivity index (χ4v) is 3.98. The zero-order valence-corrected chi connectivity index (χ0v) is 17.2. The molecular formula is C20H31N5OS. The molecule has 1 aliphatic rings. The molecule has 7 heteroatoms. The minimum atomic E-state index is 0.366. The molecule has 0 radical (unpaired) electrons. The molecule has 1 aliphatic heterocycles. The van der Waals surface area contributed by atoms with Gasteiger partial charge in [0.1, 0.15) is 5.75 Å².